The number of benzene rings is 1. The van der Waals surface area contributed by atoms with Gasteiger partial charge in [0, 0.05) is 22.3 Å². The summed E-state index contributed by atoms with van der Waals surface area (Å²) in [6.07, 6.45) is 1.59. The Morgan fingerprint density at radius 2 is 2.00 bits per heavy atom. The van der Waals surface area contributed by atoms with Gasteiger partial charge in [0.05, 0.1) is 13.0 Å². The number of carboxylic acids is 1. The molecule has 106 valence electrons. The maximum atomic E-state index is 11.4. The van der Waals surface area contributed by atoms with E-state index in [2.05, 4.69) is 0 Å². The predicted octanol–water partition coefficient (Wildman–Crippen LogP) is 2.38. The Labute approximate surface area is 116 Å². The molecule has 0 saturated heterocycles. The number of ether oxygens (including phenoxy) is 1. The van der Waals surface area contributed by atoms with Gasteiger partial charge in [-0.1, -0.05) is 18.2 Å². The first kappa shape index (κ1) is 15.7. The van der Waals surface area contributed by atoms with Gasteiger partial charge in [0.15, 0.2) is 0 Å². The van der Waals surface area contributed by atoms with Gasteiger partial charge in [0.25, 0.3) is 0 Å². The molecule has 0 saturated carbocycles. The molecule has 0 aromatic heterocycles. The molecule has 19 heavy (non-hydrogen) atoms. The van der Waals surface area contributed by atoms with E-state index >= 15 is 0 Å². The molecule has 1 atom stereocenters. The van der Waals surface area contributed by atoms with E-state index < -0.39 is 16.8 Å². The van der Waals surface area contributed by atoms with Crippen molar-refractivity contribution in [2.45, 2.75) is 26.2 Å². The Bertz CT molecular complexity index is 431. The van der Waals surface area contributed by atoms with E-state index in [4.69, 9.17) is 9.84 Å². The molecule has 1 aromatic carbocycles. The van der Waals surface area contributed by atoms with E-state index in [-0.39, 0.29) is 12.2 Å². The molecule has 0 aliphatic rings. The second-order valence-electron chi connectivity index (χ2n) is 4.31. The third kappa shape index (κ3) is 6.96. The molecule has 0 aliphatic heterocycles. The van der Waals surface area contributed by atoms with Crippen LogP contribution < -0.4 is 4.74 Å². The van der Waals surface area contributed by atoms with Crippen LogP contribution in [0.1, 0.15) is 24.8 Å². The second-order valence-corrected chi connectivity index (χ2v) is 6.01. The third-order valence-corrected chi connectivity index (χ3v) is 4.06. The highest BCUT2D eigenvalue weighted by molar-refractivity contribution is 7.84. The van der Waals surface area contributed by atoms with Gasteiger partial charge in [-0.2, -0.15) is 0 Å². The Morgan fingerprint density at radius 1 is 1.26 bits per heavy atom. The van der Waals surface area contributed by atoms with E-state index in [0.29, 0.717) is 12.4 Å². The van der Waals surface area contributed by atoms with Gasteiger partial charge in [-0.15, -0.1) is 0 Å². The van der Waals surface area contributed by atoms with Gasteiger partial charge < -0.3 is 9.84 Å². The molecule has 1 aromatic rings. The molecule has 1 N–H and O–H groups in total. The summed E-state index contributed by atoms with van der Waals surface area (Å²) < 4.78 is 17.1. The highest BCUT2D eigenvalue weighted by atomic mass is 32.2. The Kier molecular flexibility index (Phi) is 7.18. The number of aryl methyl sites for hydroxylation is 1. The summed E-state index contributed by atoms with van der Waals surface area (Å²) in [5.41, 5.74) is 1.10. The molecule has 0 radical (unpaired) electrons. The Hall–Kier alpha value is -1.36. The molecular formula is C14H20O4S. The van der Waals surface area contributed by atoms with Gasteiger partial charge in [-0.25, -0.2) is 0 Å². The molecule has 0 amide bonds. The van der Waals surface area contributed by atoms with Crippen LogP contribution in [0.4, 0.5) is 0 Å². The summed E-state index contributed by atoms with van der Waals surface area (Å²) in [4.78, 5) is 10.3. The quantitative estimate of drug-likeness (QED) is 0.707. The molecule has 4 nitrogen and oxygen atoms in total. The van der Waals surface area contributed by atoms with Crippen molar-refractivity contribution in [2.24, 2.45) is 0 Å². The second kappa shape index (κ2) is 8.69. The highest BCUT2D eigenvalue weighted by Gasteiger charge is 2.04. The normalized spacial score (nSPS) is 12.1. The maximum absolute atomic E-state index is 11.4. The van der Waals surface area contributed by atoms with Crippen molar-refractivity contribution in [3.05, 3.63) is 29.8 Å². The molecule has 0 aliphatic carbocycles. The van der Waals surface area contributed by atoms with Crippen LogP contribution in [-0.4, -0.2) is 33.4 Å². The van der Waals surface area contributed by atoms with E-state index in [9.17, 15) is 9.00 Å². The molecule has 5 heteroatoms. The lowest BCUT2D eigenvalue weighted by Crippen LogP contribution is -2.08. The van der Waals surface area contributed by atoms with E-state index in [1.54, 1.807) is 0 Å². The van der Waals surface area contributed by atoms with Crippen molar-refractivity contribution in [3.8, 4) is 5.75 Å². The number of para-hydroxylation sites is 1. The minimum Gasteiger partial charge on any atom is -0.493 e. The van der Waals surface area contributed by atoms with E-state index in [0.717, 1.165) is 24.2 Å². The minimum absolute atomic E-state index is 0.0215. The van der Waals surface area contributed by atoms with Crippen molar-refractivity contribution in [1.29, 1.82) is 0 Å². The lowest BCUT2D eigenvalue weighted by atomic mass is 10.2. The van der Waals surface area contributed by atoms with Crippen LogP contribution in [-0.2, 0) is 15.6 Å². The monoisotopic (exact) mass is 284 g/mol. The van der Waals surface area contributed by atoms with Gasteiger partial charge in [0.2, 0.25) is 0 Å². The summed E-state index contributed by atoms with van der Waals surface area (Å²) in [5, 5.41) is 8.47. The predicted molar refractivity (Wildman–Crippen MR) is 76.0 cm³/mol. The van der Waals surface area contributed by atoms with Crippen LogP contribution in [0, 0.1) is 6.92 Å². The minimum atomic E-state index is -1.03. The number of unbranched alkanes of at least 4 members (excludes halogenated alkanes) is 1. The smallest absolute Gasteiger partial charge is 0.304 e. The van der Waals surface area contributed by atoms with Crippen LogP contribution in [0.25, 0.3) is 0 Å². The van der Waals surface area contributed by atoms with Crippen LogP contribution in [0.15, 0.2) is 24.3 Å². The van der Waals surface area contributed by atoms with Gasteiger partial charge in [-0.05, 0) is 31.4 Å². The first-order valence-electron chi connectivity index (χ1n) is 6.35. The molecule has 1 rings (SSSR count). The first-order chi connectivity index (χ1) is 9.09. The standard InChI is InChI=1S/C14H20O4S/c1-12-6-2-3-7-13(12)18-9-4-5-10-19(17)11-8-14(15)16/h2-3,6-7H,4-5,8-11H2,1H3,(H,15,16). The van der Waals surface area contributed by atoms with Crippen molar-refractivity contribution in [1.82, 2.24) is 0 Å². The summed E-state index contributed by atoms with van der Waals surface area (Å²) in [6, 6.07) is 7.83. The van der Waals surface area contributed by atoms with Crippen LogP contribution >= 0.6 is 0 Å². The largest absolute Gasteiger partial charge is 0.493 e. The molecule has 0 spiro atoms. The summed E-state index contributed by atoms with van der Waals surface area (Å²) in [5.74, 6) is 0.781. The third-order valence-electron chi connectivity index (χ3n) is 2.66. The fourth-order valence-electron chi connectivity index (χ4n) is 1.57. The number of carboxylic acid groups (broad SMARTS) is 1. The van der Waals surface area contributed by atoms with Crippen LogP contribution in [0.2, 0.25) is 0 Å². The first-order valence-corrected chi connectivity index (χ1v) is 7.83. The summed E-state index contributed by atoms with van der Waals surface area (Å²) >= 11 is 0. The van der Waals surface area contributed by atoms with Crippen molar-refractivity contribution in [2.75, 3.05) is 18.1 Å². The topological polar surface area (TPSA) is 63.6 Å². The SMILES string of the molecule is Cc1ccccc1OCCCCS(=O)CCC(=O)O. The van der Waals surface area contributed by atoms with Crippen molar-refractivity contribution >= 4 is 16.8 Å². The fourth-order valence-corrected chi connectivity index (χ4v) is 2.70. The number of hydrogen-bond acceptors (Lipinski definition) is 3. The lowest BCUT2D eigenvalue weighted by Gasteiger charge is -2.08. The average Bonchev–Trinajstić information content (AvgIpc) is 2.38. The van der Waals surface area contributed by atoms with Gasteiger partial charge in [-0.3, -0.25) is 9.00 Å². The van der Waals surface area contributed by atoms with Crippen molar-refractivity contribution in [3.63, 3.8) is 0 Å². The van der Waals surface area contributed by atoms with Gasteiger partial charge >= 0.3 is 5.97 Å². The maximum Gasteiger partial charge on any atom is 0.304 e. The van der Waals surface area contributed by atoms with E-state index in [1.165, 1.54) is 0 Å². The van der Waals surface area contributed by atoms with Crippen LogP contribution in [0.5, 0.6) is 5.75 Å². The molecule has 0 bridgehead atoms. The summed E-state index contributed by atoms with van der Waals surface area (Å²) in [7, 11) is -1.03. The number of aliphatic carboxylic acids is 1. The zero-order chi connectivity index (χ0) is 14.1. The number of carbonyl (C=O) groups is 1. The zero-order valence-corrected chi connectivity index (χ0v) is 11.9. The molecule has 1 unspecified atom stereocenters. The van der Waals surface area contributed by atoms with Gasteiger partial charge in [0.1, 0.15) is 5.75 Å². The molecule has 0 fully saturated rings. The van der Waals surface area contributed by atoms with E-state index in [1.807, 2.05) is 31.2 Å². The number of hydrogen-bond donors (Lipinski definition) is 1. The Morgan fingerprint density at radius 3 is 2.68 bits per heavy atom. The zero-order valence-electron chi connectivity index (χ0n) is 11.1. The lowest BCUT2D eigenvalue weighted by molar-refractivity contribution is -0.136. The molecule has 0 heterocycles. The van der Waals surface area contributed by atoms with Crippen LogP contribution in [0.3, 0.4) is 0 Å². The Balaban J connectivity index is 2.10. The highest BCUT2D eigenvalue weighted by Crippen LogP contribution is 2.16. The average molecular weight is 284 g/mol. The molecular weight excluding hydrogens is 264 g/mol. The number of rotatable bonds is 9. The summed E-state index contributed by atoms with van der Waals surface area (Å²) in [6.45, 7) is 2.59. The fraction of sp³-hybridized carbons (Fsp3) is 0.500. The van der Waals surface area contributed by atoms with Crippen molar-refractivity contribution < 1.29 is 18.8 Å².